The SMILES string of the molecule is CCCCCCC(CCCCCCCCCCC(=O)OCC(CC)CCCC)OC(=O)CCC. The monoisotopic (exact) mass is 482 g/mol. The predicted molar refractivity (Wildman–Crippen MR) is 144 cm³/mol. The maximum absolute atomic E-state index is 11.9. The van der Waals surface area contributed by atoms with Crippen LogP contribution in [0.1, 0.15) is 163 Å². The molecule has 0 heterocycles. The maximum Gasteiger partial charge on any atom is 0.306 e. The molecule has 34 heavy (non-hydrogen) atoms. The van der Waals surface area contributed by atoms with E-state index >= 15 is 0 Å². The van der Waals surface area contributed by atoms with E-state index in [1.54, 1.807) is 0 Å². The highest BCUT2D eigenvalue weighted by Crippen LogP contribution is 2.18. The van der Waals surface area contributed by atoms with E-state index in [0.717, 1.165) is 44.9 Å². The van der Waals surface area contributed by atoms with E-state index in [1.165, 1.54) is 77.0 Å². The van der Waals surface area contributed by atoms with Crippen molar-refractivity contribution in [2.24, 2.45) is 5.92 Å². The second-order valence-corrected chi connectivity index (χ2v) is 10.2. The maximum atomic E-state index is 11.9. The second-order valence-electron chi connectivity index (χ2n) is 10.2. The van der Waals surface area contributed by atoms with Gasteiger partial charge in [0.1, 0.15) is 6.10 Å². The summed E-state index contributed by atoms with van der Waals surface area (Å²) in [5.74, 6) is 0.496. The average Bonchev–Trinajstić information content (AvgIpc) is 2.83. The van der Waals surface area contributed by atoms with Crippen LogP contribution in [0.2, 0.25) is 0 Å². The molecule has 0 aromatic heterocycles. The zero-order valence-electron chi connectivity index (χ0n) is 23.3. The summed E-state index contributed by atoms with van der Waals surface area (Å²) >= 11 is 0. The van der Waals surface area contributed by atoms with E-state index < -0.39 is 0 Å². The number of hydrogen-bond acceptors (Lipinski definition) is 4. The van der Waals surface area contributed by atoms with Gasteiger partial charge < -0.3 is 9.47 Å². The number of carbonyl (C=O) groups excluding carboxylic acids is 2. The standard InChI is InChI=1S/C30H58O4/c1-5-9-11-18-23-28(34-30(32)21-7-3)24-19-16-14-12-13-15-17-20-25-29(31)33-26-27(8-4)22-10-6-2/h27-28H,5-26H2,1-4H3. The molecule has 202 valence electrons. The van der Waals surface area contributed by atoms with Crippen molar-refractivity contribution in [1.82, 2.24) is 0 Å². The molecule has 0 saturated carbocycles. The van der Waals surface area contributed by atoms with Crippen LogP contribution in [0.25, 0.3) is 0 Å². The summed E-state index contributed by atoms with van der Waals surface area (Å²) in [5.41, 5.74) is 0. The Morgan fingerprint density at radius 2 is 1.12 bits per heavy atom. The smallest absolute Gasteiger partial charge is 0.306 e. The van der Waals surface area contributed by atoms with Gasteiger partial charge in [-0.05, 0) is 50.9 Å². The molecular weight excluding hydrogens is 424 g/mol. The van der Waals surface area contributed by atoms with Gasteiger partial charge in [-0.25, -0.2) is 0 Å². The van der Waals surface area contributed by atoms with Crippen molar-refractivity contribution in [1.29, 1.82) is 0 Å². The summed E-state index contributed by atoms with van der Waals surface area (Å²) in [6.45, 7) is 9.25. The molecule has 2 atom stereocenters. The molecule has 0 saturated heterocycles. The zero-order valence-corrected chi connectivity index (χ0v) is 23.3. The third-order valence-corrected chi connectivity index (χ3v) is 6.81. The molecule has 4 heteroatoms. The number of unbranched alkanes of at least 4 members (excludes halogenated alkanes) is 11. The topological polar surface area (TPSA) is 52.6 Å². The van der Waals surface area contributed by atoms with Gasteiger partial charge in [0.05, 0.1) is 6.61 Å². The lowest BCUT2D eigenvalue weighted by Crippen LogP contribution is -2.18. The Morgan fingerprint density at radius 3 is 1.68 bits per heavy atom. The molecule has 0 rings (SSSR count). The Labute approximate surface area is 212 Å². The molecule has 0 aliphatic carbocycles. The van der Waals surface area contributed by atoms with Crippen molar-refractivity contribution < 1.29 is 19.1 Å². The molecule has 2 unspecified atom stereocenters. The summed E-state index contributed by atoms with van der Waals surface area (Å²) in [5, 5.41) is 0. The summed E-state index contributed by atoms with van der Waals surface area (Å²) in [6, 6.07) is 0. The van der Waals surface area contributed by atoms with E-state index in [9.17, 15) is 9.59 Å². The predicted octanol–water partition coefficient (Wildman–Crippen LogP) is 9.33. The van der Waals surface area contributed by atoms with Crippen molar-refractivity contribution in [2.75, 3.05) is 6.61 Å². The summed E-state index contributed by atoms with van der Waals surface area (Å²) < 4.78 is 11.2. The van der Waals surface area contributed by atoms with E-state index in [0.29, 0.717) is 25.4 Å². The molecule has 0 fully saturated rings. The lowest BCUT2D eigenvalue weighted by molar-refractivity contribution is -0.150. The zero-order chi connectivity index (χ0) is 25.3. The van der Waals surface area contributed by atoms with Gasteiger partial charge in [-0.15, -0.1) is 0 Å². The molecule has 0 amide bonds. The fraction of sp³-hybridized carbons (Fsp3) is 0.933. The normalized spacial score (nSPS) is 12.9. The minimum atomic E-state index is -0.0199. The Hall–Kier alpha value is -1.06. The van der Waals surface area contributed by atoms with E-state index in [4.69, 9.17) is 9.47 Å². The van der Waals surface area contributed by atoms with Crippen LogP contribution >= 0.6 is 0 Å². The Kier molecular flexibility index (Phi) is 24.3. The number of carbonyl (C=O) groups is 2. The Balaban J connectivity index is 3.74. The summed E-state index contributed by atoms with van der Waals surface area (Å²) in [7, 11) is 0. The average molecular weight is 483 g/mol. The van der Waals surface area contributed by atoms with E-state index in [2.05, 4.69) is 20.8 Å². The fourth-order valence-electron chi connectivity index (χ4n) is 4.39. The van der Waals surface area contributed by atoms with Crippen LogP contribution in [0.15, 0.2) is 0 Å². The Bertz CT molecular complexity index is 463. The van der Waals surface area contributed by atoms with Gasteiger partial charge in [-0.2, -0.15) is 0 Å². The van der Waals surface area contributed by atoms with Crippen LogP contribution in [-0.4, -0.2) is 24.6 Å². The molecule has 0 aromatic rings. The molecule has 0 aromatic carbocycles. The van der Waals surface area contributed by atoms with Gasteiger partial charge in [0.25, 0.3) is 0 Å². The second kappa shape index (κ2) is 25.0. The van der Waals surface area contributed by atoms with Crippen molar-refractivity contribution >= 4 is 11.9 Å². The van der Waals surface area contributed by atoms with Crippen LogP contribution in [-0.2, 0) is 19.1 Å². The van der Waals surface area contributed by atoms with Crippen molar-refractivity contribution in [2.45, 2.75) is 169 Å². The highest BCUT2D eigenvalue weighted by Gasteiger charge is 2.13. The fourth-order valence-corrected chi connectivity index (χ4v) is 4.39. The third-order valence-electron chi connectivity index (χ3n) is 6.81. The van der Waals surface area contributed by atoms with E-state index in [1.807, 2.05) is 6.92 Å². The largest absolute Gasteiger partial charge is 0.465 e. The molecule has 4 nitrogen and oxygen atoms in total. The molecule has 0 aliphatic rings. The van der Waals surface area contributed by atoms with E-state index in [-0.39, 0.29) is 18.0 Å². The van der Waals surface area contributed by atoms with Gasteiger partial charge >= 0.3 is 11.9 Å². The van der Waals surface area contributed by atoms with Crippen LogP contribution < -0.4 is 0 Å². The molecule has 0 bridgehead atoms. The Morgan fingerprint density at radius 1 is 0.559 bits per heavy atom. The first kappa shape index (κ1) is 32.9. The highest BCUT2D eigenvalue weighted by atomic mass is 16.5. The molecule has 0 aliphatic heterocycles. The quantitative estimate of drug-likeness (QED) is 0.0960. The first-order chi connectivity index (χ1) is 16.6. The third kappa shape index (κ3) is 21.5. The van der Waals surface area contributed by atoms with Crippen molar-refractivity contribution in [3.8, 4) is 0 Å². The number of hydrogen-bond donors (Lipinski definition) is 0. The van der Waals surface area contributed by atoms with Crippen LogP contribution in [0.5, 0.6) is 0 Å². The number of rotatable bonds is 25. The molecular formula is C30H58O4. The summed E-state index contributed by atoms with van der Waals surface area (Å²) in [6.07, 6.45) is 23.2. The highest BCUT2D eigenvalue weighted by molar-refractivity contribution is 5.69. The van der Waals surface area contributed by atoms with Gasteiger partial charge in [-0.3, -0.25) is 9.59 Å². The number of esters is 2. The first-order valence-electron chi connectivity index (χ1n) is 14.9. The van der Waals surface area contributed by atoms with Gasteiger partial charge in [0.2, 0.25) is 0 Å². The molecule has 0 N–H and O–H groups in total. The lowest BCUT2D eigenvalue weighted by atomic mass is 10.0. The summed E-state index contributed by atoms with van der Waals surface area (Å²) in [4.78, 5) is 23.9. The minimum Gasteiger partial charge on any atom is -0.465 e. The molecule has 0 spiro atoms. The first-order valence-corrected chi connectivity index (χ1v) is 14.9. The van der Waals surface area contributed by atoms with Crippen molar-refractivity contribution in [3.63, 3.8) is 0 Å². The van der Waals surface area contributed by atoms with Crippen molar-refractivity contribution in [3.05, 3.63) is 0 Å². The van der Waals surface area contributed by atoms with Gasteiger partial charge in [0.15, 0.2) is 0 Å². The lowest BCUT2D eigenvalue weighted by Gasteiger charge is -2.18. The van der Waals surface area contributed by atoms with Crippen LogP contribution in [0, 0.1) is 5.92 Å². The van der Waals surface area contributed by atoms with Gasteiger partial charge in [-0.1, -0.05) is 105 Å². The van der Waals surface area contributed by atoms with Gasteiger partial charge in [0, 0.05) is 12.8 Å². The van der Waals surface area contributed by atoms with Crippen LogP contribution in [0.4, 0.5) is 0 Å². The molecule has 0 radical (unpaired) electrons. The minimum absolute atomic E-state index is 0.0150. The van der Waals surface area contributed by atoms with Crippen LogP contribution in [0.3, 0.4) is 0 Å². The number of ether oxygens (including phenoxy) is 2.